The van der Waals surface area contributed by atoms with Gasteiger partial charge in [-0.3, -0.25) is 0 Å². The highest BCUT2D eigenvalue weighted by atomic mass is 16.3. The molecule has 96 valence electrons. The number of hydrogen-bond donors (Lipinski definition) is 4. The van der Waals surface area contributed by atoms with Crippen molar-refractivity contribution in [3.63, 3.8) is 0 Å². The fraction of sp³-hybridized carbons (Fsp3) is 0.636. The van der Waals surface area contributed by atoms with Crippen LogP contribution in [0.3, 0.4) is 0 Å². The smallest absolute Gasteiger partial charge is 0.145 e. The second-order valence-corrected chi connectivity index (χ2v) is 4.96. The molecular weight excluding hydrogens is 218 g/mol. The van der Waals surface area contributed by atoms with Gasteiger partial charge in [0, 0.05) is 12.0 Å². The summed E-state index contributed by atoms with van der Waals surface area (Å²) in [5.41, 5.74) is 2.08. The van der Waals surface area contributed by atoms with Gasteiger partial charge in [0.1, 0.15) is 17.5 Å². The summed E-state index contributed by atoms with van der Waals surface area (Å²) in [6.07, 6.45) is 0. The van der Waals surface area contributed by atoms with Gasteiger partial charge >= 0.3 is 0 Å². The van der Waals surface area contributed by atoms with Gasteiger partial charge in [-0.05, 0) is 13.8 Å². The lowest BCUT2D eigenvalue weighted by molar-refractivity contribution is 0.234. The largest absolute Gasteiger partial charge is 0.394 e. The monoisotopic (exact) mass is 239 g/mol. The molecule has 0 bridgehead atoms. The summed E-state index contributed by atoms with van der Waals surface area (Å²) in [6.45, 7) is 7.81. The quantitative estimate of drug-likeness (QED) is 0.453. The van der Waals surface area contributed by atoms with E-state index in [4.69, 9.17) is 5.84 Å². The molecule has 0 aliphatic rings. The van der Waals surface area contributed by atoms with Gasteiger partial charge in [-0.15, -0.1) is 0 Å². The lowest BCUT2D eigenvalue weighted by atomic mass is 10.1. The minimum absolute atomic E-state index is 0.0133. The first-order valence-corrected chi connectivity index (χ1v) is 5.62. The molecule has 0 saturated heterocycles. The van der Waals surface area contributed by atoms with E-state index < -0.39 is 5.54 Å². The molecule has 6 heteroatoms. The molecule has 1 aromatic rings. The van der Waals surface area contributed by atoms with Gasteiger partial charge in [0.15, 0.2) is 0 Å². The van der Waals surface area contributed by atoms with E-state index in [2.05, 4.69) is 20.7 Å². The Bertz CT molecular complexity index is 378. The molecule has 0 aliphatic heterocycles. The number of aliphatic hydroxyl groups is 1. The topological polar surface area (TPSA) is 96.1 Å². The van der Waals surface area contributed by atoms with Gasteiger partial charge in [-0.2, -0.15) is 0 Å². The van der Waals surface area contributed by atoms with E-state index >= 15 is 0 Å². The number of aliphatic hydroxyl groups excluding tert-OH is 1. The number of nitrogens with zero attached hydrogens (tertiary/aromatic N) is 2. The first-order chi connectivity index (χ1) is 7.88. The normalized spacial score (nSPS) is 11.7. The Morgan fingerprint density at radius 1 is 1.35 bits per heavy atom. The van der Waals surface area contributed by atoms with Crippen LogP contribution in [0.2, 0.25) is 0 Å². The molecule has 0 aliphatic carbocycles. The first-order valence-electron chi connectivity index (χ1n) is 5.62. The van der Waals surface area contributed by atoms with E-state index in [1.54, 1.807) is 6.07 Å². The Balaban J connectivity index is 3.03. The van der Waals surface area contributed by atoms with E-state index in [1.165, 1.54) is 0 Å². The highest BCUT2D eigenvalue weighted by molar-refractivity contribution is 5.48. The summed E-state index contributed by atoms with van der Waals surface area (Å²) in [6, 6.07) is 1.71. The summed E-state index contributed by atoms with van der Waals surface area (Å²) in [5, 5.41) is 12.4. The Morgan fingerprint density at radius 2 is 1.94 bits per heavy atom. The SMILES string of the molecule is CC(C)c1nc(NN)cc(NC(C)(C)CO)n1. The summed E-state index contributed by atoms with van der Waals surface area (Å²) >= 11 is 0. The molecule has 1 rings (SSSR count). The Hall–Kier alpha value is -1.40. The fourth-order valence-electron chi connectivity index (χ4n) is 1.25. The van der Waals surface area contributed by atoms with Gasteiger partial charge < -0.3 is 15.8 Å². The zero-order chi connectivity index (χ0) is 13.1. The molecular formula is C11H21N5O. The summed E-state index contributed by atoms with van der Waals surface area (Å²) in [5.74, 6) is 7.49. The van der Waals surface area contributed by atoms with Crippen LogP contribution in [-0.4, -0.2) is 27.2 Å². The molecule has 0 atom stereocenters. The molecule has 5 N–H and O–H groups in total. The van der Waals surface area contributed by atoms with Crippen LogP contribution in [-0.2, 0) is 0 Å². The number of nitrogens with one attached hydrogen (secondary N) is 2. The minimum Gasteiger partial charge on any atom is -0.394 e. The predicted octanol–water partition coefficient (Wildman–Crippen LogP) is 1.07. The standard InChI is InChI=1S/C11H21N5O/c1-7(2)10-13-8(5-9(14-10)16-12)15-11(3,4)6-17/h5,7,17H,6,12H2,1-4H3,(H2,13,14,15,16). The van der Waals surface area contributed by atoms with Crippen molar-refractivity contribution in [3.05, 3.63) is 11.9 Å². The van der Waals surface area contributed by atoms with Crippen molar-refractivity contribution in [2.24, 2.45) is 5.84 Å². The minimum atomic E-state index is -0.436. The van der Waals surface area contributed by atoms with E-state index in [0.717, 1.165) is 0 Å². The number of nitrogens with two attached hydrogens (primary N) is 1. The molecule has 1 heterocycles. The van der Waals surface area contributed by atoms with Crippen LogP contribution in [0.4, 0.5) is 11.6 Å². The van der Waals surface area contributed by atoms with Gasteiger partial charge in [-0.25, -0.2) is 15.8 Å². The number of aromatic nitrogens is 2. The third-order valence-electron chi connectivity index (χ3n) is 2.27. The molecule has 1 aromatic heterocycles. The van der Waals surface area contributed by atoms with Crippen LogP contribution < -0.4 is 16.6 Å². The molecule has 0 unspecified atom stereocenters. The number of rotatable bonds is 5. The molecule has 0 aromatic carbocycles. The zero-order valence-corrected chi connectivity index (χ0v) is 10.8. The zero-order valence-electron chi connectivity index (χ0n) is 10.8. The lowest BCUT2D eigenvalue weighted by Crippen LogP contribution is -2.35. The average molecular weight is 239 g/mol. The van der Waals surface area contributed by atoms with Crippen LogP contribution in [0, 0.1) is 0 Å². The number of nitrogen functional groups attached to an aromatic ring is 1. The van der Waals surface area contributed by atoms with Crippen molar-refractivity contribution >= 4 is 11.6 Å². The second kappa shape index (κ2) is 5.29. The summed E-state index contributed by atoms with van der Waals surface area (Å²) < 4.78 is 0. The van der Waals surface area contributed by atoms with Gasteiger partial charge in [0.2, 0.25) is 0 Å². The third-order valence-corrected chi connectivity index (χ3v) is 2.27. The van der Waals surface area contributed by atoms with Crippen LogP contribution in [0.15, 0.2) is 6.07 Å². The molecule has 0 saturated carbocycles. The maximum Gasteiger partial charge on any atom is 0.145 e. The van der Waals surface area contributed by atoms with Crippen molar-refractivity contribution < 1.29 is 5.11 Å². The Kier molecular flexibility index (Phi) is 4.25. The van der Waals surface area contributed by atoms with Crippen LogP contribution in [0.5, 0.6) is 0 Å². The molecule has 6 nitrogen and oxygen atoms in total. The summed E-state index contributed by atoms with van der Waals surface area (Å²) in [4.78, 5) is 8.64. The van der Waals surface area contributed by atoms with Crippen LogP contribution >= 0.6 is 0 Å². The van der Waals surface area contributed by atoms with Gasteiger partial charge in [0.05, 0.1) is 12.1 Å². The molecule has 0 fully saturated rings. The molecule has 0 amide bonds. The van der Waals surface area contributed by atoms with E-state index in [0.29, 0.717) is 17.5 Å². The Labute approximate surface area is 102 Å². The predicted molar refractivity (Wildman–Crippen MR) is 68.7 cm³/mol. The fourth-order valence-corrected chi connectivity index (χ4v) is 1.25. The van der Waals surface area contributed by atoms with Crippen LogP contribution in [0.25, 0.3) is 0 Å². The first kappa shape index (κ1) is 13.7. The van der Waals surface area contributed by atoms with Crippen molar-refractivity contribution in [1.82, 2.24) is 9.97 Å². The summed E-state index contributed by atoms with van der Waals surface area (Å²) in [7, 11) is 0. The van der Waals surface area contributed by atoms with Gasteiger partial charge in [0.25, 0.3) is 0 Å². The molecule has 0 radical (unpaired) electrons. The van der Waals surface area contributed by atoms with Crippen molar-refractivity contribution in [2.45, 2.75) is 39.2 Å². The number of anilines is 2. The van der Waals surface area contributed by atoms with Crippen molar-refractivity contribution in [1.29, 1.82) is 0 Å². The highest BCUT2D eigenvalue weighted by Gasteiger charge is 2.17. The number of hydrazine groups is 1. The van der Waals surface area contributed by atoms with E-state index in [9.17, 15) is 5.11 Å². The van der Waals surface area contributed by atoms with Crippen molar-refractivity contribution in [2.75, 3.05) is 17.3 Å². The lowest BCUT2D eigenvalue weighted by Gasteiger charge is -2.24. The van der Waals surface area contributed by atoms with E-state index in [1.807, 2.05) is 27.7 Å². The Morgan fingerprint density at radius 3 is 2.41 bits per heavy atom. The van der Waals surface area contributed by atoms with Gasteiger partial charge in [-0.1, -0.05) is 13.8 Å². The second-order valence-electron chi connectivity index (χ2n) is 4.96. The maximum atomic E-state index is 9.21. The average Bonchev–Trinajstić information content (AvgIpc) is 2.28. The van der Waals surface area contributed by atoms with Crippen LogP contribution in [0.1, 0.15) is 39.4 Å². The molecule has 0 spiro atoms. The number of hydrogen-bond acceptors (Lipinski definition) is 6. The molecule has 17 heavy (non-hydrogen) atoms. The van der Waals surface area contributed by atoms with E-state index in [-0.39, 0.29) is 12.5 Å². The third kappa shape index (κ3) is 3.83. The van der Waals surface area contributed by atoms with Crippen molar-refractivity contribution in [3.8, 4) is 0 Å². The highest BCUT2D eigenvalue weighted by Crippen LogP contribution is 2.19. The maximum absolute atomic E-state index is 9.21.